The summed E-state index contributed by atoms with van der Waals surface area (Å²) in [6.45, 7) is 3.78. The molecule has 0 aliphatic rings. The first-order valence-electron chi connectivity index (χ1n) is 6.05. The normalized spacial score (nSPS) is 11.4. The van der Waals surface area contributed by atoms with Gasteiger partial charge in [-0.2, -0.15) is 0 Å². The van der Waals surface area contributed by atoms with Crippen LogP contribution in [0.2, 0.25) is 0 Å². The molecule has 20 heavy (non-hydrogen) atoms. The van der Waals surface area contributed by atoms with Gasteiger partial charge in [0.05, 0.1) is 6.54 Å². The smallest absolute Gasteiger partial charge is 0.246 e. The Morgan fingerprint density at radius 2 is 1.70 bits per heavy atom. The van der Waals surface area contributed by atoms with Gasteiger partial charge < -0.3 is 4.90 Å². The van der Waals surface area contributed by atoms with E-state index in [4.69, 9.17) is 0 Å². The van der Waals surface area contributed by atoms with Crippen LogP contribution in [0.5, 0.6) is 0 Å². The SMILES string of the molecule is CCN(CC)C(=O)CNS(=O)(=O)c1c(F)cccc1F. The average Bonchev–Trinajstić information content (AvgIpc) is 2.37. The fourth-order valence-corrected chi connectivity index (χ4v) is 2.76. The summed E-state index contributed by atoms with van der Waals surface area (Å²) in [4.78, 5) is 12.0. The van der Waals surface area contributed by atoms with Crippen LogP contribution >= 0.6 is 0 Å². The van der Waals surface area contributed by atoms with Crippen LogP contribution in [0.15, 0.2) is 23.1 Å². The Bertz CT molecular complexity index is 566. The van der Waals surface area contributed by atoms with Gasteiger partial charge in [-0.25, -0.2) is 21.9 Å². The standard InChI is InChI=1S/C12H16F2N2O3S/c1-3-16(4-2)11(17)8-15-20(18,19)12-9(13)6-5-7-10(12)14/h5-7,15H,3-4,8H2,1-2H3. The molecule has 5 nitrogen and oxygen atoms in total. The number of hydrogen-bond acceptors (Lipinski definition) is 3. The van der Waals surface area contributed by atoms with E-state index in [1.54, 1.807) is 13.8 Å². The summed E-state index contributed by atoms with van der Waals surface area (Å²) in [6, 6.07) is 2.73. The highest BCUT2D eigenvalue weighted by molar-refractivity contribution is 7.89. The Hall–Kier alpha value is -1.54. The molecule has 1 rings (SSSR count). The molecule has 1 amide bonds. The molecule has 0 saturated heterocycles. The van der Waals surface area contributed by atoms with Gasteiger partial charge in [0.2, 0.25) is 15.9 Å². The zero-order chi connectivity index (χ0) is 15.3. The van der Waals surface area contributed by atoms with Crippen molar-refractivity contribution in [1.82, 2.24) is 9.62 Å². The van der Waals surface area contributed by atoms with Crippen LogP contribution in [0.3, 0.4) is 0 Å². The Balaban J connectivity index is 2.89. The van der Waals surface area contributed by atoms with Crippen LogP contribution < -0.4 is 4.72 Å². The minimum atomic E-state index is -4.41. The number of sulfonamides is 1. The van der Waals surface area contributed by atoms with Crippen LogP contribution in [0.1, 0.15) is 13.8 Å². The van der Waals surface area contributed by atoms with E-state index >= 15 is 0 Å². The molecular formula is C12H16F2N2O3S. The molecule has 0 heterocycles. The van der Waals surface area contributed by atoms with Crippen molar-refractivity contribution in [2.75, 3.05) is 19.6 Å². The zero-order valence-electron chi connectivity index (χ0n) is 11.2. The fraction of sp³-hybridized carbons (Fsp3) is 0.417. The average molecular weight is 306 g/mol. The Morgan fingerprint density at radius 3 is 2.15 bits per heavy atom. The van der Waals surface area contributed by atoms with Crippen LogP contribution in [0, 0.1) is 11.6 Å². The van der Waals surface area contributed by atoms with E-state index < -0.39 is 39.0 Å². The number of rotatable bonds is 6. The highest BCUT2D eigenvalue weighted by Gasteiger charge is 2.24. The lowest BCUT2D eigenvalue weighted by molar-refractivity contribution is -0.129. The predicted molar refractivity (Wildman–Crippen MR) is 69.5 cm³/mol. The molecule has 0 aromatic heterocycles. The minimum absolute atomic E-state index is 0.422. The predicted octanol–water partition coefficient (Wildman–Crippen LogP) is 1.11. The zero-order valence-corrected chi connectivity index (χ0v) is 12.0. The molecule has 112 valence electrons. The number of nitrogens with zero attached hydrogens (tertiary/aromatic N) is 1. The quantitative estimate of drug-likeness (QED) is 0.856. The maximum absolute atomic E-state index is 13.4. The van der Waals surface area contributed by atoms with Gasteiger partial charge in [-0.15, -0.1) is 0 Å². The van der Waals surface area contributed by atoms with Crippen molar-refractivity contribution in [2.45, 2.75) is 18.7 Å². The highest BCUT2D eigenvalue weighted by Crippen LogP contribution is 2.17. The van der Waals surface area contributed by atoms with Gasteiger partial charge in [-0.3, -0.25) is 4.79 Å². The lowest BCUT2D eigenvalue weighted by Crippen LogP contribution is -2.40. The lowest BCUT2D eigenvalue weighted by Gasteiger charge is -2.18. The van der Waals surface area contributed by atoms with E-state index in [-0.39, 0.29) is 0 Å². The largest absolute Gasteiger partial charge is 0.342 e. The maximum atomic E-state index is 13.4. The second kappa shape index (κ2) is 6.76. The molecule has 0 saturated carbocycles. The molecule has 0 unspecified atom stereocenters. The van der Waals surface area contributed by atoms with E-state index in [1.165, 1.54) is 4.90 Å². The summed E-state index contributed by atoms with van der Waals surface area (Å²) in [5.41, 5.74) is 0. The Kier molecular flexibility index (Phi) is 5.58. The van der Waals surface area contributed by atoms with Gasteiger partial charge >= 0.3 is 0 Å². The molecule has 1 aromatic rings. The Labute approximate surface area is 116 Å². The third-order valence-electron chi connectivity index (χ3n) is 2.72. The van der Waals surface area contributed by atoms with E-state index in [1.807, 2.05) is 4.72 Å². The first-order chi connectivity index (χ1) is 9.33. The molecule has 0 fully saturated rings. The highest BCUT2D eigenvalue weighted by atomic mass is 32.2. The van der Waals surface area contributed by atoms with E-state index in [0.29, 0.717) is 13.1 Å². The summed E-state index contributed by atoms with van der Waals surface area (Å²) in [5, 5.41) is 0. The summed E-state index contributed by atoms with van der Waals surface area (Å²) in [6.07, 6.45) is 0. The van der Waals surface area contributed by atoms with Crippen molar-refractivity contribution in [1.29, 1.82) is 0 Å². The van der Waals surface area contributed by atoms with Gasteiger partial charge in [0.1, 0.15) is 11.6 Å². The number of benzene rings is 1. The van der Waals surface area contributed by atoms with Crippen LogP contribution in [0.25, 0.3) is 0 Å². The molecule has 0 aliphatic carbocycles. The number of carbonyl (C=O) groups is 1. The number of amides is 1. The molecule has 0 bridgehead atoms. The van der Waals surface area contributed by atoms with Gasteiger partial charge in [0.15, 0.2) is 4.90 Å². The third-order valence-corrected chi connectivity index (χ3v) is 4.17. The summed E-state index contributed by atoms with van der Waals surface area (Å²) >= 11 is 0. The van der Waals surface area contributed by atoms with E-state index in [9.17, 15) is 22.0 Å². The monoisotopic (exact) mass is 306 g/mol. The number of nitrogens with one attached hydrogen (secondary N) is 1. The molecule has 1 N–H and O–H groups in total. The van der Waals surface area contributed by atoms with Gasteiger partial charge in [0, 0.05) is 13.1 Å². The van der Waals surface area contributed by atoms with Crippen LogP contribution in [-0.4, -0.2) is 38.9 Å². The second-order valence-corrected chi connectivity index (χ2v) is 5.65. The first-order valence-corrected chi connectivity index (χ1v) is 7.53. The second-order valence-electron chi connectivity index (χ2n) is 3.94. The molecule has 0 atom stereocenters. The number of carbonyl (C=O) groups excluding carboxylic acids is 1. The summed E-state index contributed by atoms with van der Waals surface area (Å²) in [7, 11) is -4.41. The Morgan fingerprint density at radius 1 is 1.20 bits per heavy atom. The van der Waals surface area contributed by atoms with Gasteiger partial charge in [-0.05, 0) is 26.0 Å². The van der Waals surface area contributed by atoms with Gasteiger partial charge in [0.25, 0.3) is 0 Å². The summed E-state index contributed by atoms with van der Waals surface area (Å²) in [5.74, 6) is -2.86. The van der Waals surface area contributed by atoms with Crippen LogP contribution in [-0.2, 0) is 14.8 Å². The van der Waals surface area contributed by atoms with Crippen molar-refractivity contribution >= 4 is 15.9 Å². The fourth-order valence-electron chi connectivity index (χ4n) is 1.66. The van der Waals surface area contributed by atoms with E-state index in [0.717, 1.165) is 18.2 Å². The first kappa shape index (κ1) is 16.5. The molecule has 8 heteroatoms. The van der Waals surface area contributed by atoms with Crippen molar-refractivity contribution in [3.63, 3.8) is 0 Å². The van der Waals surface area contributed by atoms with Crippen molar-refractivity contribution in [3.05, 3.63) is 29.8 Å². The molecule has 1 aromatic carbocycles. The molecule has 0 spiro atoms. The van der Waals surface area contributed by atoms with Gasteiger partial charge in [-0.1, -0.05) is 6.07 Å². The van der Waals surface area contributed by atoms with Crippen molar-refractivity contribution in [2.24, 2.45) is 0 Å². The van der Waals surface area contributed by atoms with Crippen molar-refractivity contribution in [3.8, 4) is 0 Å². The maximum Gasteiger partial charge on any atom is 0.246 e. The van der Waals surface area contributed by atoms with Crippen molar-refractivity contribution < 1.29 is 22.0 Å². The third kappa shape index (κ3) is 3.73. The minimum Gasteiger partial charge on any atom is -0.342 e. The van der Waals surface area contributed by atoms with E-state index in [2.05, 4.69) is 0 Å². The number of halogens is 2. The lowest BCUT2D eigenvalue weighted by atomic mass is 10.3. The molecular weight excluding hydrogens is 290 g/mol. The molecule has 0 radical (unpaired) electrons. The van der Waals surface area contributed by atoms with Crippen LogP contribution in [0.4, 0.5) is 8.78 Å². The summed E-state index contributed by atoms with van der Waals surface area (Å²) < 4.78 is 52.4. The number of likely N-dealkylation sites (N-methyl/N-ethyl adjacent to an activating group) is 1. The number of hydrogen-bond donors (Lipinski definition) is 1. The molecule has 0 aliphatic heterocycles. The topological polar surface area (TPSA) is 66.5 Å².